The first-order chi connectivity index (χ1) is 13.6. The molecule has 1 aliphatic heterocycles. The van der Waals surface area contributed by atoms with Crippen LogP contribution in [0.5, 0.6) is 11.5 Å². The first kappa shape index (κ1) is 20.5. The maximum atomic E-state index is 12.3. The summed E-state index contributed by atoms with van der Waals surface area (Å²) < 4.78 is 10.8. The molecule has 150 valence electrons. The third-order valence-electron chi connectivity index (χ3n) is 4.86. The van der Waals surface area contributed by atoms with Crippen LogP contribution in [0.2, 0.25) is 5.02 Å². The van der Waals surface area contributed by atoms with Gasteiger partial charge in [-0.05, 0) is 30.3 Å². The molecule has 0 unspecified atom stereocenters. The number of hydrogen-bond donors (Lipinski definition) is 1. The van der Waals surface area contributed by atoms with Gasteiger partial charge >= 0.3 is 0 Å². The van der Waals surface area contributed by atoms with Crippen molar-refractivity contribution in [2.45, 2.75) is 6.54 Å². The first-order valence-corrected chi connectivity index (χ1v) is 9.67. The minimum atomic E-state index is -0.0454. The molecule has 1 saturated heterocycles. The predicted octanol–water partition coefficient (Wildman–Crippen LogP) is 3.11. The van der Waals surface area contributed by atoms with E-state index in [0.717, 1.165) is 49.8 Å². The number of halogens is 1. The van der Waals surface area contributed by atoms with Crippen molar-refractivity contribution in [3.05, 3.63) is 53.1 Å². The number of rotatable bonds is 7. The molecular formula is C21H26ClN3O3. The number of piperazine rings is 1. The molecule has 28 heavy (non-hydrogen) atoms. The Kier molecular flexibility index (Phi) is 7.14. The summed E-state index contributed by atoms with van der Waals surface area (Å²) in [5.74, 6) is 1.64. The molecule has 0 saturated carbocycles. The molecular weight excluding hydrogens is 378 g/mol. The number of para-hydroxylation sites is 1. The quantitative estimate of drug-likeness (QED) is 0.769. The van der Waals surface area contributed by atoms with Crippen molar-refractivity contribution in [2.24, 2.45) is 0 Å². The minimum Gasteiger partial charge on any atom is -0.497 e. The molecule has 6 nitrogen and oxygen atoms in total. The zero-order valence-electron chi connectivity index (χ0n) is 16.3. The van der Waals surface area contributed by atoms with E-state index in [9.17, 15) is 4.79 Å². The lowest BCUT2D eigenvalue weighted by Crippen LogP contribution is -2.48. The number of methoxy groups -OCH3 is 2. The number of ether oxygens (including phenoxy) is 2. The van der Waals surface area contributed by atoms with E-state index in [1.54, 1.807) is 26.4 Å². The Hall–Kier alpha value is -2.28. The topological polar surface area (TPSA) is 54.0 Å². The van der Waals surface area contributed by atoms with Crippen LogP contribution in [0.15, 0.2) is 42.5 Å². The van der Waals surface area contributed by atoms with Gasteiger partial charge in [-0.15, -0.1) is 0 Å². The molecule has 0 radical (unpaired) electrons. The molecule has 0 aromatic heterocycles. The second kappa shape index (κ2) is 9.78. The molecule has 1 fully saturated rings. The average Bonchev–Trinajstić information content (AvgIpc) is 2.71. The zero-order chi connectivity index (χ0) is 19.9. The van der Waals surface area contributed by atoms with Crippen molar-refractivity contribution in [1.29, 1.82) is 0 Å². The Morgan fingerprint density at radius 1 is 1.04 bits per heavy atom. The van der Waals surface area contributed by atoms with Crippen molar-refractivity contribution in [3.8, 4) is 11.5 Å². The lowest BCUT2D eigenvalue weighted by molar-refractivity contribution is -0.117. The van der Waals surface area contributed by atoms with Gasteiger partial charge in [-0.2, -0.15) is 0 Å². The van der Waals surface area contributed by atoms with Gasteiger partial charge in [0.05, 0.1) is 31.5 Å². The van der Waals surface area contributed by atoms with E-state index in [-0.39, 0.29) is 5.91 Å². The molecule has 7 heteroatoms. The lowest BCUT2D eigenvalue weighted by Gasteiger charge is -2.34. The van der Waals surface area contributed by atoms with E-state index in [2.05, 4.69) is 15.1 Å². The number of carbonyl (C=O) groups is 1. The Morgan fingerprint density at radius 3 is 2.43 bits per heavy atom. The van der Waals surface area contributed by atoms with Gasteiger partial charge in [-0.3, -0.25) is 14.6 Å². The molecule has 0 aliphatic carbocycles. The predicted molar refractivity (Wildman–Crippen MR) is 111 cm³/mol. The molecule has 0 bridgehead atoms. The number of benzene rings is 2. The summed E-state index contributed by atoms with van der Waals surface area (Å²) in [4.78, 5) is 16.8. The summed E-state index contributed by atoms with van der Waals surface area (Å²) >= 11 is 6.10. The summed E-state index contributed by atoms with van der Waals surface area (Å²) in [6, 6.07) is 13.1. The molecule has 2 aromatic carbocycles. The van der Waals surface area contributed by atoms with Gasteiger partial charge in [-0.25, -0.2) is 0 Å². The molecule has 1 N–H and O–H groups in total. The van der Waals surface area contributed by atoms with E-state index < -0.39 is 0 Å². The van der Waals surface area contributed by atoms with E-state index >= 15 is 0 Å². The van der Waals surface area contributed by atoms with Crippen LogP contribution in [0.4, 0.5) is 5.69 Å². The fourth-order valence-electron chi connectivity index (χ4n) is 3.31. The zero-order valence-corrected chi connectivity index (χ0v) is 17.0. The van der Waals surface area contributed by atoms with E-state index in [1.165, 1.54) is 0 Å². The number of nitrogens with one attached hydrogen (secondary N) is 1. The number of anilines is 1. The maximum Gasteiger partial charge on any atom is 0.238 e. The Morgan fingerprint density at radius 2 is 1.75 bits per heavy atom. The SMILES string of the molecule is COc1ccc(OC)c(CN2CCN(CC(=O)Nc3ccccc3Cl)CC2)c1. The Balaban J connectivity index is 1.49. The Bertz CT molecular complexity index is 807. The highest BCUT2D eigenvalue weighted by molar-refractivity contribution is 6.33. The summed E-state index contributed by atoms with van der Waals surface area (Å²) in [5.41, 5.74) is 1.75. The molecule has 2 aromatic rings. The smallest absolute Gasteiger partial charge is 0.238 e. The van der Waals surface area contributed by atoms with Gasteiger partial charge in [-0.1, -0.05) is 23.7 Å². The molecule has 1 amide bonds. The van der Waals surface area contributed by atoms with Crippen LogP contribution in [0.1, 0.15) is 5.56 Å². The van der Waals surface area contributed by atoms with Crippen molar-refractivity contribution >= 4 is 23.2 Å². The van der Waals surface area contributed by atoms with Crippen molar-refractivity contribution < 1.29 is 14.3 Å². The van der Waals surface area contributed by atoms with Crippen LogP contribution in [0.3, 0.4) is 0 Å². The minimum absolute atomic E-state index is 0.0454. The maximum absolute atomic E-state index is 12.3. The highest BCUT2D eigenvalue weighted by Gasteiger charge is 2.20. The number of amides is 1. The van der Waals surface area contributed by atoms with Crippen molar-refractivity contribution in [2.75, 3.05) is 52.3 Å². The van der Waals surface area contributed by atoms with Gasteiger partial charge < -0.3 is 14.8 Å². The molecule has 1 heterocycles. The fourth-order valence-corrected chi connectivity index (χ4v) is 3.49. The second-order valence-corrected chi connectivity index (χ2v) is 7.17. The number of nitrogens with zero attached hydrogens (tertiary/aromatic N) is 2. The first-order valence-electron chi connectivity index (χ1n) is 9.29. The Labute approximate surface area is 171 Å². The molecule has 3 rings (SSSR count). The van der Waals surface area contributed by atoms with Gasteiger partial charge in [0.15, 0.2) is 0 Å². The normalized spacial score (nSPS) is 15.2. The summed E-state index contributed by atoms with van der Waals surface area (Å²) in [6.07, 6.45) is 0. The van der Waals surface area contributed by atoms with E-state index in [0.29, 0.717) is 17.3 Å². The highest BCUT2D eigenvalue weighted by Crippen LogP contribution is 2.25. The van der Waals surface area contributed by atoms with Crippen LogP contribution in [-0.4, -0.2) is 62.7 Å². The molecule has 1 aliphatic rings. The van der Waals surface area contributed by atoms with Gasteiger partial charge in [0.2, 0.25) is 5.91 Å². The van der Waals surface area contributed by atoms with Crippen LogP contribution < -0.4 is 14.8 Å². The fraction of sp³-hybridized carbons (Fsp3) is 0.381. The van der Waals surface area contributed by atoms with Crippen LogP contribution >= 0.6 is 11.6 Å². The largest absolute Gasteiger partial charge is 0.497 e. The number of hydrogen-bond acceptors (Lipinski definition) is 5. The van der Waals surface area contributed by atoms with Gasteiger partial charge in [0.25, 0.3) is 0 Å². The highest BCUT2D eigenvalue weighted by atomic mass is 35.5. The van der Waals surface area contributed by atoms with Crippen LogP contribution in [-0.2, 0) is 11.3 Å². The summed E-state index contributed by atoms with van der Waals surface area (Å²) in [6.45, 7) is 4.60. The van der Waals surface area contributed by atoms with Crippen LogP contribution in [0, 0.1) is 0 Å². The van der Waals surface area contributed by atoms with Gasteiger partial charge in [0.1, 0.15) is 11.5 Å². The van der Waals surface area contributed by atoms with Crippen molar-refractivity contribution in [1.82, 2.24) is 9.80 Å². The standard InChI is InChI=1S/C21H26ClN3O3/c1-27-17-7-8-20(28-2)16(13-17)14-24-9-11-25(12-10-24)15-21(26)23-19-6-4-3-5-18(19)22/h3-8,13H,9-12,14-15H2,1-2H3,(H,23,26). The number of carbonyl (C=O) groups excluding carboxylic acids is 1. The van der Waals surface area contributed by atoms with Crippen molar-refractivity contribution in [3.63, 3.8) is 0 Å². The molecule has 0 spiro atoms. The third kappa shape index (κ3) is 5.38. The molecule has 0 atom stereocenters. The van der Waals surface area contributed by atoms with Crippen LogP contribution in [0.25, 0.3) is 0 Å². The van der Waals surface area contributed by atoms with E-state index in [1.807, 2.05) is 30.3 Å². The summed E-state index contributed by atoms with van der Waals surface area (Å²) in [7, 11) is 3.35. The third-order valence-corrected chi connectivity index (χ3v) is 5.19. The van der Waals surface area contributed by atoms with Gasteiger partial charge in [0, 0.05) is 38.3 Å². The average molecular weight is 404 g/mol. The second-order valence-electron chi connectivity index (χ2n) is 6.76. The monoisotopic (exact) mass is 403 g/mol. The lowest BCUT2D eigenvalue weighted by atomic mass is 10.1. The van der Waals surface area contributed by atoms with E-state index in [4.69, 9.17) is 21.1 Å². The summed E-state index contributed by atoms with van der Waals surface area (Å²) in [5, 5.41) is 3.43.